The number of carbonyl (C=O) groups is 1. The van der Waals surface area contributed by atoms with Gasteiger partial charge in [-0.15, -0.1) is 0 Å². The van der Waals surface area contributed by atoms with E-state index in [0.717, 1.165) is 24.8 Å². The second-order valence-corrected chi connectivity index (χ2v) is 7.80. The topological polar surface area (TPSA) is 114 Å². The maximum atomic E-state index is 11.9. The molecule has 3 N–H and O–H groups in total. The fraction of sp³-hybridized carbons (Fsp3) is 0.526. The van der Waals surface area contributed by atoms with Crippen LogP contribution in [0.15, 0.2) is 30.4 Å². The molecule has 0 saturated carbocycles. The molecular weight excluding hydrogens is 385 g/mol. The Bertz CT molecular complexity index is 685. The van der Waals surface area contributed by atoms with Gasteiger partial charge in [-0.2, -0.15) is 0 Å². The first kappa shape index (κ1) is 24.2. The number of phosphoric ester groups is 1. The molecular formula is C19H30NO7P. The van der Waals surface area contributed by atoms with Gasteiger partial charge < -0.3 is 24.6 Å². The zero-order valence-electron chi connectivity index (χ0n) is 16.6. The summed E-state index contributed by atoms with van der Waals surface area (Å²) in [5.74, 6) is 1.19. The number of methoxy groups -OCH3 is 1. The fourth-order valence-corrected chi connectivity index (χ4v) is 2.49. The first-order valence-corrected chi connectivity index (χ1v) is 10.7. The first-order chi connectivity index (χ1) is 13.2. The zero-order valence-corrected chi connectivity index (χ0v) is 17.5. The summed E-state index contributed by atoms with van der Waals surface area (Å²) in [6, 6.07) is 5.00. The monoisotopic (exact) mass is 415 g/mol. The van der Waals surface area contributed by atoms with Crippen molar-refractivity contribution in [2.45, 2.75) is 46.1 Å². The normalized spacial score (nSPS) is 11.8. The van der Waals surface area contributed by atoms with Crippen molar-refractivity contribution in [2.75, 3.05) is 13.9 Å². The van der Waals surface area contributed by atoms with Gasteiger partial charge in [0.1, 0.15) is 0 Å². The number of amides is 1. The molecule has 1 rings (SSSR count). The second kappa shape index (κ2) is 12.6. The van der Waals surface area contributed by atoms with Crippen molar-refractivity contribution < 1.29 is 33.1 Å². The van der Waals surface area contributed by atoms with Crippen molar-refractivity contribution in [3.63, 3.8) is 0 Å². The molecule has 0 atom stereocenters. The summed E-state index contributed by atoms with van der Waals surface area (Å²) in [6.45, 7) is 4.01. The molecule has 0 radical (unpaired) electrons. The van der Waals surface area contributed by atoms with Gasteiger partial charge in [0, 0.05) is 13.0 Å². The van der Waals surface area contributed by atoms with Gasteiger partial charge in [0.2, 0.25) is 12.7 Å². The van der Waals surface area contributed by atoms with Crippen LogP contribution in [-0.2, 0) is 20.4 Å². The van der Waals surface area contributed by atoms with E-state index < -0.39 is 14.6 Å². The Balaban J connectivity index is 2.39. The van der Waals surface area contributed by atoms with Crippen LogP contribution in [0, 0.1) is 5.92 Å². The first-order valence-electron chi connectivity index (χ1n) is 9.14. The molecule has 1 aromatic rings. The van der Waals surface area contributed by atoms with Crippen LogP contribution in [0.1, 0.15) is 45.1 Å². The van der Waals surface area contributed by atoms with Crippen molar-refractivity contribution in [1.82, 2.24) is 5.32 Å². The second-order valence-electron chi connectivity index (χ2n) is 6.56. The minimum atomic E-state index is -4.60. The average Bonchev–Trinajstić information content (AvgIpc) is 2.62. The number of benzene rings is 1. The van der Waals surface area contributed by atoms with Gasteiger partial charge in [0.25, 0.3) is 0 Å². The zero-order chi connectivity index (χ0) is 21.0. The van der Waals surface area contributed by atoms with Crippen molar-refractivity contribution >= 4 is 13.7 Å². The van der Waals surface area contributed by atoms with Crippen molar-refractivity contribution in [2.24, 2.45) is 5.92 Å². The van der Waals surface area contributed by atoms with Crippen molar-refractivity contribution in [3.05, 3.63) is 35.9 Å². The van der Waals surface area contributed by atoms with Crippen LogP contribution in [0.25, 0.3) is 0 Å². The van der Waals surface area contributed by atoms with Gasteiger partial charge in [-0.25, -0.2) is 9.09 Å². The minimum Gasteiger partial charge on any atom is -0.493 e. The molecule has 0 aliphatic heterocycles. The predicted molar refractivity (Wildman–Crippen MR) is 106 cm³/mol. The molecule has 0 aliphatic carbocycles. The smallest absolute Gasteiger partial charge is 0.472 e. The Morgan fingerprint density at radius 1 is 1.25 bits per heavy atom. The van der Waals surface area contributed by atoms with Gasteiger partial charge in [-0.05, 0) is 42.9 Å². The van der Waals surface area contributed by atoms with Crippen LogP contribution >= 0.6 is 7.82 Å². The lowest BCUT2D eigenvalue weighted by molar-refractivity contribution is -0.121. The summed E-state index contributed by atoms with van der Waals surface area (Å²) >= 11 is 0. The Labute approximate surface area is 166 Å². The largest absolute Gasteiger partial charge is 0.493 e. The molecule has 9 heteroatoms. The van der Waals surface area contributed by atoms with E-state index >= 15 is 0 Å². The summed E-state index contributed by atoms with van der Waals surface area (Å²) in [5, 5.41) is 2.86. The number of unbranched alkanes of at least 4 members (excludes halogenated alkanes) is 2. The number of nitrogens with one attached hydrogen (secondary N) is 1. The van der Waals surface area contributed by atoms with Crippen LogP contribution in [0.4, 0.5) is 0 Å². The van der Waals surface area contributed by atoms with E-state index in [1.54, 1.807) is 18.2 Å². The Kier molecular flexibility index (Phi) is 10.9. The van der Waals surface area contributed by atoms with E-state index in [1.807, 2.05) is 0 Å². The third-order valence-electron chi connectivity index (χ3n) is 3.70. The quantitative estimate of drug-likeness (QED) is 0.195. The van der Waals surface area contributed by atoms with Crippen molar-refractivity contribution in [3.8, 4) is 11.5 Å². The van der Waals surface area contributed by atoms with Crippen LogP contribution < -0.4 is 14.8 Å². The van der Waals surface area contributed by atoms with Gasteiger partial charge in [-0.3, -0.25) is 4.79 Å². The van der Waals surface area contributed by atoms with E-state index in [4.69, 9.17) is 19.3 Å². The molecule has 0 bridgehead atoms. The Hall–Kier alpha value is -1.86. The van der Waals surface area contributed by atoms with E-state index in [9.17, 15) is 9.36 Å². The number of ether oxygens (including phenoxy) is 2. The number of hydrogen-bond acceptors (Lipinski definition) is 5. The average molecular weight is 415 g/mol. The molecule has 0 aliphatic rings. The molecule has 0 unspecified atom stereocenters. The van der Waals surface area contributed by atoms with E-state index in [-0.39, 0.29) is 11.7 Å². The highest BCUT2D eigenvalue weighted by Gasteiger charge is 2.15. The van der Waals surface area contributed by atoms with Gasteiger partial charge in [-0.1, -0.05) is 32.1 Å². The number of carbonyl (C=O) groups excluding carboxylic acids is 1. The highest BCUT2D eigenvalue weighted by molar-refractivity contribution is 7.46. The summed E-state index contributed by atoms with van der Waals surface area (Å²) in [6.07, 6.45) is 7.60. The maximum Gasteiger partial charge on any atom is 0.472 e. The molecule has 1 amide bonds. The number of hydrogen-bond donors (Lipinski definition) is 3. The summed E-state index contributed by atoms with van der Waals surface area (Å²) < 4.78 is 25.2. The predicted octanol–water partition coefficient (Wildman–Crippen LogP) is 3.53. The molecule has 8 nitrogen and oxygen atoms in total. The fourth-order valence-electron chi connectivity index (χ4n) is 2.30. The van der Waals surface area contributed by atoms with Gasteiger partial charge in [0.05, 0.1) is 7.11 Å². The lowest BCUT2D eigenvalue weighted by atomic mass is 10.1. The molecule has 0 heterocycles. The summed E-state index contributed by atoms with van der Waals surface area (Å²) in [7, 11) is -3.15. The van der Waals surface area contributed by atoms with Gasteiger partial charge >= 0.3 is 7.82 Å². The molecule has 28 heavy (non-hydrogen) atoms. The number of phosphoric acid groups is 1. The van der Waals surface area contributed by atoms with Crippen LogP contribution in [-0.4, -0.2) is 29.6 Å². The third-order valence-corrected chi connectivity index (χ3v) is 4.14. The van der Waals surface area contributed by atoms with Crippen LogP contribution in [0.3, 0.4) is 0 Å². The van der Waals surface area contributed by atoms with E-state index in [2.05, 4.69) is 35.8 Å². The van der Waals surface area contributed by atoms with Crippen LogP contribution in [0.5, 0.6) is 11.5 Å². The maximum absolute atomic E-state index is 11.9. The molecule has 1 aromatic carbocycles. The SMILES string of the molecule is COc1cc(CNC(=O)CCCC/C=C/C(C)C)ccc1OCOP(=O)(O)O. The highest BCUT2D eigenvalue weighted by atomic mass is 31.2. The molecule has 0 saturated heterocycles. The van der Waals surface area contributed by atoms with Crippen molar-refractivity contribution in [1.29, 1.82) is 0 Å². The van der Waals surface area contributed by atoms with E-state index in [1.165, 1.54) is 7.11 Å². The molecule has 0 fully saturated rings. The molecule has 0 aromatic heterocycles. The number of allylic oxidation sites excluding steroid dienone is 2. The lowest BCUT2D eigenvalue weighted by Crippen LogP contribution is -2.22. The Morgan fingerprint density at radius 3 is 2.64 bits per heavy atom. The summed E-state index contributed by atoms with van der Waals surface area (Å²) in [5.41, 5.74) is 0.813. The lowest BCUT2D eigenvalue weighted by Gasteiger charge is -2.13. The minimum absolute atomic E-state index is 0.0119. The standard InChI is InChI=1S/C19H30NO7P/c1-15(2)8-6-4-5-7-9-19(21)20-13-16-10-11-17(18(12-16)25-3)26-14-27-28(22,23)24/h6,8,10-12,15H,4-5,7,9,13-14H2,1-3H3,(H,20,21)(H2,22,23,24)/b8-6+. The van der Waals surface area contributed by atoms with Crippen LogP contribution in [0.2, 0.25) is 0 Å². The van der Waals surface area contributed by atoms with E-state index in [0.29, 0.717) is 24.6 Å². The third kappa shape index (κ3) is 11.1. The van der Waals surface area contributed by atoms with Gasteiger partial charge in [0.15, 0.2) is 11.5 Å². The number of rotatable bonds is 13. The Morgan fingerprint density at radius 2 is 2.00 bits per heavy atom. The summed E-state index contributed by atoms with van der Waals surface area (Å²) in [4.78, 5) is 29.2. The highest BCUT2D eigenvalue weighted by Crippen LogP contribution is 2.36. The molecule has 0 spiro atoms. The molecule has 158 valence electrons.